The van der Waals surface area contributed by atoms with Gasteiger partial charge in [-0.1, -0.05) is 17.8 Å². The van der Waals surface area contributed by atoms with Gasteiger partial charge in [-0.3, -0.25) is 9.59 Å². The highest BCUT2D eigenvalue weighted by Gasteiger charge is 2.14. The number of rotatable bonds is 11. The maximum absolute atomic E-state index is 12.3. The Hall–Kier alpha value is -3.38. The number of thiazole rings is 1. The second kappa shape index (κ2) is 12.0. The van der Waals surface area contributed by atoms with E-state index in [0.29, 0.717) is 34.2 Å². The number of amides is 2. The standard InChI is InChI=1S/C21H24N6O4S2/c1-4-27-17(25-26-21(27)33-13-19(29)24-20-22-9-10-32-20)12-23-18(28)8-6-14-5-7-15(30-2)16(11-14)31-3/h5-11H,4,12-13H2,1-3H3,(H,23,28)(H,22,24,29)/b8-6+. The molecule has 0 unspecified atom stereocenters. The number of carbonyl (C=O) groups is 2. The number of nitrogens with one attached hydrogen (secondary N) is 2. The zero-order valence-electron chi connectivity index (χ0n) is 18.4. The summed E-state index contributed by atoms with van der Waals surface area (Å²) in [6, 6.07) is 5.38. The van der Waals surface area contributed by atoms with Crippen LogP contribution in [0.15, 0.2) is 41.0 Å². The SMILES string of the molecule is CCn1c(CNC(=O)/C=C/c2ccc(OC)c(OC)c2)nnc1SCC(=O)Nc1nccs1. The first kappa shape index (κ1) is 24.3. The molecule has 2 heterocycles. The molecule has 0 saturated carbocycles. The van der Waals surface area contributed by atoms with Crippen molar-refractivity contribution in [2.75, 3.05) is 25.3 Å². The first-order valence-electron chi connectivity index (χ1n) is 9.96. The lowest BCUT2D eigenvalue weighted by Crippen LogP contribution is -2.22. The van der Waals surface area contributed by atoms with E-state index in [0.717, 1.165) is 5.56 Å². The summed E-state index contributed by atoms with van der Waals surface area (Å²) in [6.07, 6.45) is 4.75. The Morgan fingerprint density at radius 3 is 2.73 bits per heavy atom. The lowest BCUT2D eigenvalue weighted by Gasteiger charge is -2.08. The van der Waals surface area contributed by atoms with Crippen LogP contribution in [-0.4, -0.2) is 51.5 Å². The predicted octanol–water partition coefficient (Wildman–Crippen LogP) is 2.83. The van der Waals surface area contributed by atoms with Crippen LogP contribution >= 0.6 is 23.1 Å². The van der Waals surface area contributed by atoms with E-state index in [2.05, 4.69) is 25.8 Å². The third kappa shape index (κ3) is 6.80. The van der Waals surface area contributed by atoms with Crippen LogP contribution in [0.3, 0.4) is 0 Å². The van der Waals surface area contributed by atoms with Crippen molar-refractivity contribution in [2.24, 2.45) is 0 Å². The highest BCUT2D eigenvalue weighted by molar-refractivity contribution is 7.99. The molecule has 2 aromatic heterocycles. The molecule has 0 aliphatic heterocycles. The summed E-state index contributed by atoms with van der Waals surface area (Å²) in [5.41, 5.74) is 0.800. The third-order valence-electron chi connectivity index (χ3n) is 4.38. The largest absolute Gasteiger partial charge is 0.493 e. The molecule has 2 amide bonds. The molecule has 0 aliphatic rings. The molecule has 12 heteroatoms. The van der Waals surface area contributed by atoms with Gasteiger partial charge < -0.3 is 24.7 Å². The summed E-state index contributed by atoms with van der Waals surface area (Å²) in [5.74, 6) is 1.54. The van der Waals surface area contributed by atoms with Crippen molar-refractivity contribution in [1.29, 1.82) is 0 Å². The molecular weight excluding hydrogens is 464 g/mol. The quantitative estimate of drug-likeness (QED) is 0.312. The molecule has 0 fully saturated rings. The number of nitrogens with zero attached hydrogens (tertiary/aromatic N) is 4. The molecule has 3 rings (SSSR count). The Kier molecular flexibility index (Phi) is 8.84. The van der Waals surface area contributed by atoms with E-state index in [9.17, 15) is 9.59 Å². The van der Waals surface area contributed by atoms with Gasteiger partial charge in [-0.05, 0) is 30.7 Å². The second-order valence-electron chi connectivity index (χ2n) is 6.48. The van der Waals surface area contributed by atoms with Gasteiger partial charge in [0.2, 0.25) is 11.8 Å². The second-order valence-corrected chi connectivity index (χ2v) is 8.32. The molecule has 0 radical (unpaired) electrons. The summed E-state index contributed by atoms with van der Waals surface area (Å²) in [7, 11) is 3.12. The summed E-state index contributed by atoms with van der Waals surface area (Å²) in [6.45, 7) is 2.77. The molecule has 2 N–H and O–H groups in total. The first-order valence-corrected chi connectivity index (χ1v) is 11.8. The number of carbonyl (C=O) groups excluding carboxylic acids is 2. The van der Waals surface area contributed by atoms with Crippen LogP contribution in [0, 0.1) is 0 Å². The summed E-state index contributed by atoms with van der Waals surface area (Å²) in [4.78, 5) is 28.4. The van der Waals surface area contributed by atoms with Crippen molar-refractivity contribution < 1.29 is 19.1 Å². The number of hydrogen-bond acceptors (Lipinski definition) is 9. The Balaban J connectivity index is 1.53. The zero-order valence-corrected chi connectivity index (χ0v) is 20.0. The van der Waals surface area contributed by atoms with E-state index in [1.165, 1.54) is 29.2 Å². The van der Waals surface area contributed by atoms with Crippen molar-refractivity contribution in [3.63, 3.8) is 0 Å². The summed E-state index contributed by atoms with van der Waals surface area (Å²) < 4.78 is 12.3. The van der Waals surface area contributed by atoms with E-state index in [1.54, 1.807) is 44.0 Å². The number of anilines is 1. The van der Waals surface area contributed by atoms with Gasteiger partial charge >= 0.3 is 0 Å². The molecule has 10 nitrogen and oxygen atoms in total. The number of benzene rings is 1. The number of aromatic nitrogens is 4. The van der Waals surface area contributed by atoms with Crippen molar-refractivity contribution in [3.05, 3.63) is 47.2 Å². The van der Waals surface area contributed by atoms with Gasteiger partial charge in [-0.25, -0.2) is 4.98 Å². The molecule has 0 bridgehead atoms. The van der Waals surface area contributed by atoms with Gasteiger partial charge in [0.15, 0.2) is 27.6 Å². The van der Waals surface area contributed by atoms with Gasteiger partial charge in [-0.2, -0.15) is 0 Å². The number of hydrogen-bond donors (Lipinski definition) is 2. The Morgan fingerprint density at radius 1 is 1.21 bits per heavy atom. The highest BCUT2D eigenvalue weighted by Crippen LogP contribution is 2.28. The van der Waals surface area contributed by atoms with Gasteiger partial charge in [0.25, 0.3) is 0 Å². The van der Waals surface area contributed by atoms with Gasteiger partial charge in [0, 0.05) is 24.2 Å². The molecule has 1 aromatic carbocycles. The van der Waals surface area contributed by atoms with E-state index < -0.39 is 0 Å². The summed E-state index contributed by atoms with van der Waals surface area (Å²) >= 11 is 2.63. The molecule has 33 heavy (non-hydrogen) atoms. The number of ether oxygens (including phenoxy) is 2. The molecule has 0 saturated heterocycles. The average molecular weight is 489 g/mol. The van der Waals surface area contributed by atoms with E-state index in [1.807, 2.05) is 17.6 Å². The minimum atomic E-state index is -0.271. The van der Waals surface area contributed by atoms with Crippen molar-refractivity contribution in [1.82, 2.24) is 25.1 Å². The van der Waals surface area contributed by atoms with Crippen LogP contribution in [0.5, 0.6) is 11.5 Å². The highest BCUT2D eigenvalue weighted by atomic mass is 32.2. The number of methoxy groups -OCH3 is 2. The minimum Gasteiger partial charge on any atom is -0.493 e. The van der Waals surface area contributed by atoms with E-state index in [-0.39, 0.29) is 24.1 Å². The minimum absolute atomic E-state index is 0.171. The Morgan fingerprint density at radius 2 is 2.03 bits per heavy atom. The molecule has 0 spiro atoms. The van der Waals surface area contributed by atoms with Crippen LogP contribution in [0.4, 0.5) is 5.13 Å². The fourth-order valence-corrected chi connectivity index (χ4v) is 4.16. The van der Waals surface area contributed by atoms with Crippen molar-refractivity contribution >= 4 is 46.1 Å². The Bertz CT molecular complexity index is 1110. The normalized spacial score (nSPS) is 10.9. The smallest absolute Gasteiger partial charge is 0.244 e. The van der Waals surface area contributed by atoms with Crippen LogP contribution < -0.4 is 20.1 Å². The van der Waals surface area contributed by atoms with E-state index >= 15 is 0 Å². The lowest BCUT2D eigenvalue weighted by atomic mass is 10.2. The zero-order chi connectivity index (χ0) is 23.6. The first-order chi connectivity index (χ1) is 16.0. The van der Waals surface area contributed by atoms with Gasteiger partial charge in [0.05, 0.1) is 26.5 Å². The van der Waals surface area contributed by atoms with Crippen LogP contribution in [0.2, 0.25) is 0 Å². The van der Waals surface area contributed by atoms with Crippen LogP contribution in [0.25, 0.3) is 6.08 Å². The van der Waals surface area contributed by atoms with Gasteiger partial charge in [-0.15, -0.1) is 21.5 Å². The fraction of sp³-hybridized carbons (Fsp3) is 0.286. The van der Waals surface area contributed by atoms with E-state index in [4.69, 9.17) is 9.47 Å². The maximum atomic E-state index is 12.3. The van der Waals surface area contributed by atoms with Crippen molar-refractivity contribution in [2.45, 2.75) is 25.2 Å². The maximum Gasteiger partial charge on any atom is 0.244 e. The fourth-order valence-electron chi connectivity index (χ4n) is 2.80. The number of thioether (sulfide) groups is 1. The molecule has 3 aromatic rings. The predicted molar refractivity (Wildman–Crippen MR) is 128 cm³/mol. The molecular formula is C21H24N6O4S2. The third-order valence-corrected chi connectivity index (χ3v) is 6.03. The topological polar surface area (TPSA) is 120 Å². The molecule has 0 aliphatic carbocycles. The van der Waals surface area contributed by atoms with Crippen LogP contribution in [-0.2, 0) is 22.7 Å². The Labute approximate surface area is 199 Å². The lowest BCUT2D eigenvalue weighted by molar-refractivity contribution is -0.116. The van der Waals surface area contributed by atoms with Crippen LogP contribution in [0.1, 0.15) is 18.3 Å². The van der Waals surface area contributed by atoms with Gasteiger partial charge in [0.1, 0.15) is 0 Å². The monoisotopic (exact) mass is 488 g/mol. The average Bonchev–Trinajstić information content (AvgIpc) is 3.49. The molecule has 0 atom stereocenters. The van der Waals surface area contributed by atoms with Crippen molar-refractivity contribution in [3.8, 4) is 11.5 Å². The molecule has 174 valence electrons. The summed E-state index contributed by atoms with van der Waals surface area (Å²) in [5, 5.41) is 16.8.